The highest BCUT2D eigenvalue weighted by molar-refractivity contribution is 9.10. The largest absolute Gasteiger partial charge is 0.488 e. The summed E-state index contributed by atoms with van der Waals surface area (Å²) in [4.78, 5) is 11.2. The number of benzene rings is 1. The van der Waals surface area contributed by atoms with Crippen molar-refractivity contribution in [2.45, 2.75) is 40.4 Å². The van der Waals surface area contributed by atoms with E-state index in [1.165, 1.54) is 30.0 Å². The molecule has 2 rings (SSSR count). The zero-order valence-electron chi connectivity index (χ0n) is 14.0. The van der Waals surface area contributed by atoms with Crippen molar-refractivity contribution in [2.24, 2.45) is 0 Å². The number of carboxylic acid groups (broad SMARTS) is 1. The first-order chi connectivity index (χ1) is 11.4. The van der Waals surface area contributed by atoms with Crippen LogP contribution in [0.5, 0.6) is 5.75 Å². The van der Waals surface area contributed by atoms with Crippen LogP contribution in [0.2, 0.25) is 0 Å². The van der Waals surface area contributed by atoms with Crippen LogP contribution in [-0.2, 0) is 9.84 Å². The smallest absolute Gasteiger partial charge is 0.345 e. The Balaban J connectivity index is 2.59. The molecule has 1 aromatic heterocycles. The van der Waals surface area contributed by atoms with E-state index in [1.54, 1.807) is 12.3 Å². The molecule has 0 unspecified atom stereocenters. The molecule has 0 saturated heterocycles. The first-order valence-corrected chi connectivity index (χ1v) is 11.4. The summed E-state index contributed by atoms with van der Waals surface area (Å²) in [6.45, 7) is 5.60. The highest BCUT2D eigenvalue weighted by Crippen LogP contribution is 2.38. The van der Waals surface area contributed by atoms with Crippen molar-refractivity contribution in [3.63, 3.8) is 0 Å². The summed E-state index contributed by atoms with van der Waals surface area (Å²) < 4.78 is 32.9. The van der Waals surface area contributed by atoms with Gasteiger partial charge in [-0.25, -0.2) is 13.2 Å². The van der Waals surface area contributed by atoms with E-state index in [9.17, 15) is 13.2 Å². The summed E-state index contributed by atoms with van der Waals surface area (Å²) in [5, 5.41) is 9.15. The standard InChI is InChI=1S/C16H17BrO5S3/c1-16(2,3)22-10-5-9(17)6-11(7-10)25(20,21)13-8-12(14(18)19)24-15(13)23-4/h5-8H,1-4H3,(H,18,19). The second kappa shape index (κ2) is 7.30. The molecule has 0 saturated carbocycles. The van der Waals surface area contributed by atoms with Crippen molar-refractivity contribution in [1.82, 2.24) is 0 Å². The maximum atomic E-state index is 13.0. The van der Waals surface area contributed by atoms with E-state index in [2.05, 4.69) is 15.9 Å². The van der Waals surface area contributed by atoms with Gasteiger partial charge < -0.3 is 9.84 Å². The summed E-state index contributed by atoms with van der Waals surface area (Å²) in [5.41, 5.74) is -0.481. The third-order valence-electron chi connectivity index (χ3n) is 2.93. The minimum atomic E-state index is -3.88. The summed E-state index contributed by atoms with van der Waals surface area (Å²) in [7, 11) is -3.88. The van der Waals surface area contributed by atoms with Crippen LogP contribution in [0.25, 0.3) is 0 Å². The summed E-state index contributed by atoms with van der Waals surface area (Å²) in [5.74, 6) is -0.729. The first kappa shape index (κ1) is 20.3. The Morgan fingerprint density at radius 1 is 1.24 bits per heavy atom. The molecular formula is C16H17BrO5S3. The summed E-state index contributed by atoms with van der Waals surface area (Å²) in [6, 6.07) is 5.83. The van der Waals surface area contributed by atoms with Crippen LogP contribution >= 0.6 is 39.0 Å². The maximum absolute atomic E-state index is 13.0. The second-order valence-electron chi connectivity index (χ2n) is 6.11. The van der Waals surface area contributed by atoms with Gasteiger partial charge in [-0.05, 0) is 51.3 Å². The fourth-order valence-corrected chi connectivity index (χ4v) is 6.54. The van der Waals surface area contributed by atoms with E-state index in [4.69, 9.17) is 9.84 Å². The lowest BCUT2D eigenvalue weighted by atomic mass is 10.2. The Morgan fingerprint density at radius 3 is 2.40 bits per heavy atom. The molecule has 0 aliphatic carbocycles. The zero-order valence-corrected chi connectivity index (χ0v) is 18.0. The molecule has 9 heteroatoms. The third kappa shape index (κ3) is 4.78. The Kier molecular flexibility index (Phi) is 5.92. The fraction of sp³-hybridized carbons (Fsp3) is 0.312. The molecule has 0 aliphatic heterocycles. The molecule has 0 atom stereocenters. The van der Waals surface area contributed by atoms with E-state index < -0.39 is 21.4 Å². The van der Waals surface area contributed by atoms with Crippen LogP contribution in [0.3, 0.4) is 0 Å². The number of carboxylic acids is 1. The molecule has 0 amide bonds. The van der Waals surface area contributed by atoms with Gasteiger partial charge in [-0.15, -0.1) is 23.1 Å². The Morgan fingerprint density at radius 2 is 1.88 bits per heavy atom. The number of halogens is 1. The van der Waals surface area contributed by atoms with E-state index >= 15 is 0 Å². The molecule has 0 bridgehead atoms. The minimum Gasteiger partial charge on any atom is -0.488 e. The molecule has 136 valence electrons. The van der Waals surface area contributed by atoms with E-state index in [0.29, 0.717) is 14.4 Å². The number of thioether (sulfide) groups is 1. The lowest BCUT2D eigenvalue weighted by Crippen LogP contribution is -2.23. The zero-order chi connectivity index (χ0) is 19.0. The maximum Gasteiger partial charge on any atom is 0.345 e. The summed E-state index contributed by atoms with van der Waals surface area (Å²) >= 11 is 5.46. The molecule has 0 fully saturated rings. The van der Waals surface area contributed by atoms with Crippen LogP contribution < -0.4 is 4.74 Å². The van der Waals surface area contributed by atoms with Crippen molar-refractivity contribution < 1.29 is 23.1 Å². The van der Waals surface area contributed by atoms with Gasteiger partial charge in [0, 0.05) is 4.47 Å². The molecule has 0 aliphatic rings. The van der Waals surface area contributed by atoms with Gasteiger partial charge >= 0.3 is 5.97 Å². The van der Waals surface area contributed by atoms with E-state index in [0.717, 1.165) is 11.3 Å². The Bertz CT molecular complexity index is 910. The SMILES string of the molecule is CSc1sc(C(=O)O)cc1S(=O)(=O)c1cc(Br)cc(OC(C)(C)C)c1. The lowest BCUT2D eigenvalue weighted by Gasteiger charge is -2.22. The van der Waals surface area contributed by atoms with Gasteiger partial charge in [0.2, 0.25) is 9.84 Å². The van der Waals surface area contributed by atoms with Crippen LogP contribution in [0.4, 0.5) is 0 Å². The van der Waals surface area contributed by atoms with Crippen LogP contribution in [0.15, 0.2) is 42.7 Å². The van der Waals surface area contributed by atoms with Crippen LogP contribution in [0.1, 0.15) is 30.4 Å². The predicted octanol–water partition coefficient (Wildman–Crippen LogP) is 4.94. The highest BCUT2D eigenvalue weighted by atomic mass is 79.9. The topological polar surface area (TPSA) is 80.7 Å². The van der Waals surface area contributed by atoms with Gasteiger partial charge in [-0.1, -0.05) is 15.9 Å². The summed E-state index contributed by atoms with van der Waals surface area (Å²) in [6.07, 6.45) is 1.71. The first-order valence-electron chi connectivity index (χ1n) is 7.10. The number of hydrogen-bond acceptors (Lipinski definition) is 6. The third-order valence-corrected chi connectivity index (χ3v) is 7.66. The van der Waals surface area contributed by atoms with Crippen LogP contribution in [-0.4, -0.2) is 31.4 Å². The van der Waals surface area contributed by atoms with Gasteiger partial charge in [0.05, 0.1) is 14.0 Å². The number of hydrogen-bond donors (Lipinski definition) is 1. The molecule has 25 heavy (non-hydrogen) atoms. The van der Waals surface area contributed by atoms with Crippen LogP contribution in [0, 0.1) is 0 Å². The van der Waals surface area contributed by atoms with Crippen molar-refractivity contribution in [3.05, 3.63) is 33.6 Å². The Hall–Kier alpha value is -1.03. The quantitative estimate of drug-likeness (QED) is 0.630. The minimum absolute atomic E-state index is 0.00205. The van der Waals surface area contributed by atoms with Gasteiger partial charge in [-0.2, -0.15) is 0 Å². The molecule has 5 nitrogen and oxygen atoms in total. The van der Waals surface area contributed by atoms with Gasteiger partial charge in [0.25, 0.3) is 0 Å². The number of aromatic carboxylic acids is 1. The molecule has 1 N–H and O–H groups in total. The number of thiophene rings is 1. The molecule has 0 radical (unpaired) electrons. The lowest BCUT2D eigenvalue weighted by molar-refractivity contribution is 0.0702. The highest BCUT2D eigenvalue weighted by Gasteiger charge is 2.27. The fourth-order valence-electron chi connectivity index (χ4n) is 2.02. The van der Waals surface area contributed by atoms with Gasteiger partial charge in [0.15, 0.2) is 0 Å². The van der Waals surface area contributed by atoms with Crippen molar-refractivity contribution in [1.29, 1.82) is 0 Å². The van der Waals surface area contributed by atoms with Gasteiger partial charge in [-0.3, -0.25) is 0 Å². The normalized spacial score (nSPS) is 12.2. The van der Waals surface area contributed by atoms with Crippen molar-refractivity contribution >= 4 is 54.8 Å². The van der Waals surface area contributed by atoms with Crippen molar-refractivity contribution in [2.75, 3.05) is 6.26 Å². The van der Waals surface area contributed by atoms with Crippen molar-refractivity contribution in [3.8, 4) is 5.75 Å². The molecule has 1 heterocycles. The number of ether oxygens (including phenoxy) is 1. The molecular weight excluding hydrogens is 448 g/mol. The number of sulfone groups is 1. The van der Waals surface area contributed by atoms with E-state index in [1.807, 2.05) is 20.8 Å². The monoisotopic (exact) mass is 464 g/mol. The number of rotatable bonds is 5. The van der Waals surface area contributed by atoms with Gasteiger partial charge in [0.1, 0.15) is 16.2 Å². The average Bonchev–Trinajstić information content (AvgIpc) is 2.89. The van der Waals surface area contributed by atoms with E-state index in [-0.39, 0.29) is 14.7 Å². The predicted molar refractivity (Wildman–Crippen MR) is 103 cm³/mol. The Labute approximate surface area is 163 Å². The second-order valence-corrected chi connectivity index (χ2v) is 11.1. The molecule has 2 aromatic rings. The average molecular weight is 465 g/mol. The number of carbonyl (C=O) groups is 1. The molecule has 1 aromatic carbocycles. The molecule has 0 spiro atoms.